The Morgan fingerprint density at radius 2 is 1.42 bits per heavy atom. The maximum Gasteiger partial charge on any atom is 0.451 e. The van der Waals surface area contributed by atoms with Gasteiger partial charge in [0, 0.05) is 5.56 Å². The summed E-state index contributed by atoms with van der Waals surface area (Å²) in [6, 6.07) is 0. The summed E-state index contributed by atoms with van der Waals surface area (Å²) < 4.78 is 108. The summed E-state index contributed by atoms with van der Waals surface area (Å²) in [4.78, 5) is 23.2. The van der Waals surface area contributed by atoms with E-state index in [-0.39, 0.29) is 0 Å². The molecule has 1 unspecified atom stereocenters. The number of ether oxygens (including phenoxy) is 1. The molecule has 1 aromatic carbocycles. The maximum atomic E-state index is 13.9. The third-order valence-electron chi connectivity index (χ3n) is 2.93. The molecule has 0 fully saturated rings. The van der Waals surface area contributed by atoms with Gasteiger partial charge in [0.2, 0.25) is 0 Å². The first kappa shape index (κ1) is 22.4. The Bertz CT molecular complexity index is 713. The minimum atomic E-state index is -5.71. The summed E-state index contributed by atoms with van der Waals surface area (Å²) in [7, 11) is 0. The van der Waals surface area contributed by atoms with Crippen molar-refractivity contribution in [3.8, 4) is 0 Å². The molecule has 0 bridgehead atoms. The van der Waals surface area contributed by atoms with Gasteiger partial charge in [0.1, 0.15) is 5.56 Å². The summed E-state index contributed by atoms with van der Waals surface area (Å²) in [5.41, 5.74) is -4.20. The van der Waals surface area contributed by atoms with Gasteiger partial charge in [0.25, 0.3) is 5.78 Å². The second-order valence-electron chi connectivity index (χ2n) is 4.59. The summed E-state index contributed by atoms with van der Waals surface area (Å²) in [6.07, 6.45) is -11.4. The van der Waals surface area contributed by atoms with E-state index in [1.165, 1.54) is 0 Å². The molecule has 0 spiro atoms. The van der Waals surface area contributed by atoms with Crippen LogP contribution < -0.4 is 0 Å². The highest BCUT2D eigenvalue weighted by atomic mass is 35.5. The largest absolute Gasteiger partial charge is 0.465 e. The number of carbonyl (C=O) groups excluding carboxylic acids is 2. The molecule has 146 valence electrons. The highest BCUT2D eigenvalue weighted by Crippen LogP contribution is 2.45. The second kappa shape index (κ2) is 7.55. The molecule has 3 nitrogen and oxygen atoms in total. The smallest absolute Gasteiger partial charge is 0.451 e. The lowest BCUT2D eigenvalue weighted by Crippen LogP contribution is -2.35. The summed E-state index contributed by atoms with van der Waals surface area (Å²) >= 11 is 10.5. The Morgan fingerprint density at radius 1 is 1.00 bits per heavy atom. The van der Waals surface area contributed by atoms with E-state index in [1.807, 2.05) is 0 Å². The van der Waals surface area contributed by atoms with E-state index in [0.29, 0.717) is 0 Å². The molecule has 1 atom stereocenters. The van der Waals surface area contributed by atoms with Crippen LogP contribution in [0.1, 0.15) is 24.0 Å². The fourth-order valence-corrected chi connectivity index (χ4v) is 2.54. The van der Waals surface area contributed by atoms with Gasteiger partial charge in [0.15, 0.2) is 17.6 Å². The van der Waals surface area contributed by atoms with Crippen molar-refractivity contribution in [2.75, 3.05) is 6.61 Å². The number of carbonyl (C=O) groups is 2. The first-order valence-corrected chi connectivity index (χ1v) is 7.12. The number of hydrogen-bond acceptors (Lipinski definition) is 3. The molecule has 13 heteroatoms. The summed E-state index contributed by atoms with van der Waals surface area (Å²) in [5, 5.41) is -3.53. The number of halogens is 10. The monoisotopic (exact) mass is 432 g/mol. The highest BCUT2D eigenvalue weighted by molar-refractivity contribution is 6.37. The standard InChI is InChI=1S/C13H6Cl2F8O3/c1-2-26-11(25)4(10(24)13(21,22)23)3-6(14)8(16)5(12(18,19)20)9(17)7(3)15/h4H,2H2,1H3. The van der Waals surface area contributed by atoms with E-state index >= 15 is 0 Å². The summed E-state index contributed by atoms with van der Waals surface area (Å²) in [6.45, 7) is 0.575. The van der Waals surface area contributed by atoms with E-state index in [4.69, 9.17) is 23.2 Å². The minimum absolute atomic E-state index is 0.554. The Morgan fingerprint density at radius 3 is 1.73 bits per heavy atom. The summed E-state index contributed by atoms with van der Waals surface area (Å²) in [5.74, 6) is -13.0. The second-order valence-corrected chi connectivity index (χ2v) is 5.35. The Hall–Kier alpha value is -1.62. The molecule has 26 heavy (non-hydrogen) atoms. The molecule has 1 rings (SSSR count). The molecule has 0 N–H and O–H groups in total. The maximum absolute atomic E-state index is 13.9. The van der Waals surface area contributed by atoms with Crippen LogP contribution in [0.5, 0.6) is 0 Å². The lowest BCUT2D eigenvalue weighted by atomic mass is 9.92. The van der Waals surface area contributed by atoms with Crippen molar-refractivity contribution in [2.24, 2.45) is 0 Å². The van der Waals surface area contributed by atoms with Gasteiger partial charge < -0.3 is 4.74 Å². The Labute approximate surface area is 149 Å². The van der Waals surface area contributed by atoms with Crippen LogP contribution in [0.3, 0.4) is 0 Å². The van der Waals surface area contributed by atoms with Crippen LogP contribution in [0, 0.1) is 11.6 Å². The number of Topliss-reactive ketones (excluding diaryl/α,β-unsaturated/α-hetero) is 1. The fraction of sp³-hybridized carbons (Fsp3) is 0.385. The SMILES string of the molecule is CCOC(=O)C(C(=O)C(F)(F)F)c1c(Cl)c(F)c(C(F)(F)F)c(F)c1Cl. The zero-order valence-electron chi connectivity index (χ0n) is 12.3. The van der Waals surface area contributed by atoms with Gasteiger partial charge in [-0.1, -0.05) is 23.2 Å². The quantitative estimate of drug-likeness (QED) is 0.289. The number of rotatable bonds is 4. The van der Waals surface area contributed by atoms with Crippen LogP contribution in [0.4, 0.5) is 35.1 Å². The van der Waals surface area contributed by atoms with Crippen molar-refractivity contribution in [3.63, 3.8) is 0 Å². The minimum Gasteiger partial charge on any atom is -0.465 e. The third-order valence-corrected chi connectivity index (χ3v) is 3.67. The molecular weight excluding hydrogens is 427 g/mol. The molecule has 0 amide bonds. The van der Waals surface area contributed by atoms with Crippen molar-refractivity contribution in [2.45, 2.75) is 25.2 Å². The average Bonchev–Trinajstić information content (AvgIpc) is 2.47. The van der Waals surface area contributed by atoms with Crippen LogP contribution in [-0.4, -0.2) is 24.5 Å². The lowest BCUT2D eigenvalue weighted by molar-refractivity contribution is -0.177. The van der Waals surface area contributed by atoms with Gasteiger partial charge in [0.05, 0.1) is 16.7 Å². The fourth-order valence-electron chi connectivity index (χ4n) is 1.90. The van der Waals surface area contributed by atoms with Crippen LogP contribution in [-0.2, 0) is 20.5 Å². The third kappa shape index (κ3) is 4.20. The van der Waals surface area contributed by atoms with E-state index in [9.17, 15) is 44.7 Å². The van der Waals surface area contributed by atoms with Gasteiger partial charge in [-0.2, -0.15) is 26.3 Å². The van der Waals surface area contributed by atoms with E-state index in [0.717, 1.165) is 6.92 Å². The number of alkyl halides is 6. The molecule has 1 aromatic rings. The normalized spacial score (nSPS) is 13.5. The predicted molar refractivity (Wildman–Crippen MR) is 71.8 cm³/mol. The zero-order valence-corrected chi connectivity index (χ0v) is 13.8. The van der Waals surface area contributed by atoms with Crippen LogP contribution in [0.25, 0.3) is 0 Å². The number of ketones is 1. The average molecular weight is 433 g/mol. The zero-order chi connectivity index (χ0) is 20.6. The highest BCUT2D eigenvalue weighted by Gasteiger charge is 2.51. The topological polar surface area (TPSA) is 43.4 Å². The van der Waals surface area contributed by atoms with Gasteiger partial charge in [-0.05, 0) is 6.92 Å². The van der Waals surface area contributed by atoms with Crippen LogP contribution in [0.2, 0.25) is 10.0 Å². The molecule has 0 saturated carbocycles. The van der Waals surface area contributed by atoms with E-state index in [2.05, 4.69) is 4.74 Å². The van der Waals surface area contributed by atoms with Crippen LogP contribution >= 0.6 is 23.2 Å². The molecule has 0 heterocycles. The van der Waals surface area contributed by atoms with Crippen molar-refractivity contribution in [1.29, 1.82) is 0 Å². The Kier molecular flexibility index (Phi) is 6.51. The molecule has 0 aliphatic heterocycles. The molecular formula is C13H6Cl2F8O3. The molecule has 0 aliphatic carbocycles. The number of esters is 1. The van der Waals surface area contributed by atoms with Crippen molar-refractivity contribution < 1.29 is 49.4 Å². The van der Waals surface area contributed by atoms with Crippen molar-refractivity contribution in [1.82, 2.24) is 0 Å². The number of benzene rings is 1. The first-order chi connectivity index (χ1) is 11.7. The van der Waals surface area contributed by atoms with Gasteiger partial charge in [-0.3, -0.25) is 9.59 Å². The van der Waals surface area contributed by atoms with Crippen molar-refractivity contribution in [3.05, 3.63) is 32.8 Å². The molecule has 0 saturated heterocycles. The van der Waals surface area contributed by atoms with Crippen LogP contribution in [0.15, 0.2) is 0 Å². The number of hydrogen-bond donors (Lipinski definition) is 0. The van der Waals surface area contributed by atoms with Gasteiger partial charge >= 0.3 is 18.3 Å². The molecule has 0 aliphatic rings. The van der Waals surface area contributed by atoms with E-state index < -0.39 is 69.4 Å². The molecule has 0 radical (unpaired) electrons. The van der Waals surface area contributed by atoms with Crippen molar-refractivity contribution >= 4 is 35.0 Å². The van der Waals surface area contributed by atoms with Gasteiger partial charge in [-0.25, -0.2) is 8.78 Å². The van der Waals surface area contributed by atoms with E-state index in [1.54, 1.807) is 0 Å². The molecule has 0 aromatic heterocycles. The van der Waals surface area contributed by atoms with Gasteiger partial charge in [-0.15, -0.1) is 0 Å². The predicted octanol–water partition coefficient (Wildman–Crippen LogP) is 5.07. The Balaban J connectivity index is 3.84. The first-order valence-electron chi connectivity index (χ1n) is 6.36. The lowest BCUT2D eigenvalue weighted by Gasteiger charge is -2.21.